The average Bonchev–Trinajstić information content (AvgIpc) is 3.97. The van der Waals surface area contributed by atoms with Gasteiger partial charge in [0.1, 0.15) is 0 Å². The van der Waals surface area contributed by atoms with Crippen LogP contribution in [0.2, 0.25) is 0 Å². The third-order valence-electron chi connectivity index (χ3n) is 16.9. The maximum Gasteiger partial charge on any atom is 0.333 e. The molecule has 6 heteroatoms. The van der Waals surface area contributed by atoms with Gasteiger partial charge in [0, 0.05) is 67.1 Å². The van der Waals surface area contributed by atoms with Crippen LogP contribution in [-0.2, 0) is 0 Å². The van der Waals surface area contributed by atoms with Crippen LogP contribution < -0.4 is 31.7 Å². The van der Waals surface area contributed by atoms with Gasteiger partial charge in [-0.15, -0.1) is 0 Å². The first-order valence-corrected chi connectivity index (χ1v) is 25.2. The highest BCUT2D eigenvalue weighted by Crippen LogP contribution is 2.51. The van der Waals surface area contributed by atoms with Crippen LogP contribution in [0.3, 0.4) is 0 Å². The van der Waals surface area contributed by atoms with Gasteiger partial charge in [-0.1, -0.05) is 182 Å². The topological polar surface area (TPSA) is 16.3 Å². The van der Waals surface area contributed by atoms with Gasteiger partial charge in [-0.3, -0.25) is 0 Å². The molecule has 0 bridgehead atoms. The molecule has 0 aliphatic carbocycles. The quantitative estimate of drug-likeness (QED) is 0.161. The minimum absolute atomic E-state index is 0.0882. The lowest BCUT2D eigenvalue weighted by Gasteiger charge is -2.41. The van der Waals surface area contributed by atoms with Crippen molar-refractivity contribution in [3.8, 4) is 22.3 Å². The molecule has 0 N–H and O–H groups in total. The van der Waals surface area contributed by atoms with E-state index in [-0.39, 0.29) is 13.7 Å². The maximum atomic E-state index is 2.78. The van der Waals surface area contributed by atoms with E-state index in [0.717, 1.165) is 0 Å². The van der Waals surface area contributed by atoms with Gasteiger partial charge in [0.25, 0.3) is 0 Å². The minimum Gasteiger partial charge on any atom is -0.374 e. The number of fused-ring (bicyclic) bond motifs is 17. The zero-order chi connectivity index (χ0) is 46.5. The summed E-state index contributed by atoms with van der Waals surface area (Å²) in [6, 6.07) is 87.4. The summed E-state index contributed by atoms with van der Waals surface area (Å²) in [5.74, 6) is 0. The van der Waals surface area contributed by atoms with Crippen LogP contribution in [-0.4, -0.2) is 22.7 Å². The second kappa shape index (κ2) is 13.3. The summed E-state index contributed by atoms with van der Waals surface area (Å²) in [5, 5.41) is 12.5. The summed E-state index contributed by atoms with van der Waals surface area (Å²) in [6.07, 6.45) is 0. The van der Waals surface area contributed by atoms with Crippen LogP contribution in [0.1, 0.15) is 0 Å². The summed E-state index contributed by atoms with van der Waals surface area (Å²) in [7, 11) is 0. The lowest BCUT2D eigenvalue weighted by molar-refractivity contribution is 1.26. The number of aromatic nitrogens is 2. The molecule has 328 valence electrons. The molecule has 4 aliphatic rings. The highest BCUT2D eigenvalue weighted by Gasteiger charge is 2.47. The Kier molecular flexibility index (Phi) is 6.97. The first-order valence-electron chi connectivity index (χ1n) is 25.2. The lowest BCUT2D eigenvalue weighted by Crippen LogP contribution is -2.56. The smallest absolute Gasteiger partial charge is 0.333 e. The number of benzene rings is 12. The van der Waals surface area contributed by atoms with Gasteiger partial charge in [-0.25, -0.2) is 0 Å². The van der Waals surface area contributed by atoms with E-state index in [9.17, 15) is 0 Å². The molecule has 12 aromatic carbocycles. The van der Waals surface area contributed by atoms with E-state index in [4.69, 9.17) is 0 Å². The number of para-hydroxylation sites is 2. The zero-order valence-corrected chi connectivity index (χ0v) is 38.9. The van der Waals surface area contributed by atoms with Crippen molar-refractivity contribution < 1.29 is 0 Å². The molecule has 6 heterocycles. The third kappa shape index (κ3) is 4.62. The molecule has 0 radical (unpaired) electrons. The predicted octanol–water partition coefficient (Wildman–Crippen LogP) is 14.2. The van der Waals surface area contributed by atoms with Crippen LogP contribution in [0, 0.1) is 0 Å². The molecule has 0 spiro atoms. The molecule has 4 nitrogen and oxygen atoms in total. The first-order chi connectivity index (χ1) is 35.7. The molecule has 0 unspecified atom stereocenters. The van der Waals surface area contributed by atoms with Gasteiger partial charge in [0.15, 0.2) is 0 Å². The van der Waals surface area contributed by atoms with Crippen LogP contribution in [0.4, 0.5) is 34.1 Å². The SMILES string of the molecule is c1cc2c3c(c1)N(c1ccc4ccccc4c1)c1cc4ccccc4cc1B3n1c3c-2cccc3c2c1c1cccc3c1n2B1c2cc4ccccc4cc2N(c2ccc4ccccc4c2)c2cccc-3c21. The van der Waals surface area contributed by atoms with Crippen LogP contribution in [0.5, 0.6) is 0 Å². The average molecular weight is 909 g/mol. The van der Waals surface area contributed by atoms with Crippen LogP contribution >= 0.6 is 0 Å². The third-order valence-corrected chi connectivity index (χ3v) is 16.9. The second-order valence-electron chi connectivity index (χ2n) is 20.4. The second-order valence-corrected chi connectivity index (χ2v) is 20.4. The fourth-order valence-corrected chi connectivity index (χ4v) is 14.1. The van der Waals surface area contributed by atoms with Crippen LogP contribution in [0.15, 0.2) is 231 Å². The van der Waals surface area contributed by atoms with Crippen molar-refractivity contribution in [2.45, 2.75) is 0 Å². The molecule has 0 saturated heterocycles. The normalized spacial score (nSPS) is 13.7. The van der Waals surface area contributed by atoms with Crippen molar-refractivity contribution in [1.29, 1.82) is 0 Å². The Hall–Kier alpha value is -9.25. The largest absolute Gasteiger partial charge is 0.374 e. The Morgan fingerprint density at radius 3 is 1.04 bits per heavy atom. The molecule has 0 atom stereocenters. The Labute approximate surface area is 415 Å². The van der Waals surface area contributed by atoms with E-state index >= 15 is 0 Å². The molecule has 2 aromatic heterocycles. The van der Waals surface area contributed by atoms with Gasteiger partial charge in [0.05, 0.1) is 11.0 Å². The molecule has 72 heavy (non-hydrogen) atoms. The van der Waals surface area contributed by atoms with E-state index in [1.807, 2.05) is 0 Å². The zero-order valence-electron chi connectivity index (χ0n) is 38.9. The molecule has 14 aromatic rings. The molecule has 4 aliphatic heterocycles. The fraction of sp³-hybridized carbons (Fsp3) is 0. The lowest BCUT2D eigenvalue weighted by atomic mass is 9.45. The Morgan fingerprint density at radius 2 is 0.611 bits per heavy atom. The molecule has 0 amide bonds. The Morgan fingerprint density at radius 1 is 0.250 bits per heavy atom. The van der Waals surface area contributed by atoms with Crippen molar-refractivity contribution in [3.05, 3.63) is 231 Å². The van der Waals surface area contributed by atoms with E-state index in [1.54, 1.807) is 0 Å². The minimum atomic E-state index is -0.0882. The van der Waals surface area contributed by atoms with Gasteiger partial charge in [-0.05, 0) is 125 Å². The van der Waals surface area contributed by atoms with Crippen molar-refractivity contribution in [2.24, 2.45) is 0 Å². The number of hydrogen-bond acceptors (Lipinski definition) is 2. The Bertz CT molecular complexity index is 4510. The van der Waals surface area contributed by atoms with Crippen LogP contribution in [0.25, 0.3) is 98.2 Å². The van der Waals surface area contributed by atoms with Gasteiger partial charge in [0.2, 0.25) is 0 Å². The maximum absolute atomic E-state index is 2.78. The number of nitrogens with zero attached hydrogens (tertiary/aromatic N) is 4. The van der Waals surface area contributed by atoms with E-state index in [0.29, 0.717) is 0 Å². The van der Waals surface area contributed by atoms with E-state index in [2.05, 4.69) is 249 Å². The van der Waals surface area contributed by atoms with E-state index < -0.39 is 0 Å². The summed E-state index contributed by atoms with van der Waals surface area (Å²) in [5.41, 5.74) is 22.9. The van der Waals surface area contributed by atoms with Crippen molar-refractivity contribution in [3.63, 3.8) is 0 Å². The van der Waals surface area contributed by atoms with Gasteiger partial charge < -0.3 is 18.8 Å². The highest BCUT2D eigenvalue weighted by atomic mass is 15.2. The molecule has 0 saturated carbocycles. The summed E-state index contributed by atoms with van der Waals surface area (Å²) in [6.45, 7) is -0.176. The Balaban J connectivity index is 0.967. The monoisotopic (exact) mass is 908 g/mol. The summed E-state index contributed by atoms with van der Waals surface area (Å²) >= 11 is 0. The predicted molar refractivity (Wildman–Crippen MR) is 306 cm³/mol. The summed E-state index contributed by atoms with van der Waals surface area (Å²) < 4.78 is 5.56. The molecular formula is C66H38B2N4. The van der Waals surface area contributed by atoms with Crippen molar-refractivity contribution in [1.82, 2.24) is 8.96 Å². The van der Waals surface area contributed by atoms with Gasteiger partial charge in [-0.2, -0.15) is 0 Å². The molecule has 0 fully saturated rings. The van der Waals surface area contributed by atoms with E-state index in [1.165, 1.54) is 154 Å². The number of rotatable bonds is 2. The van der Waals surface area contributed by atoms with Crippen molar-refractivity contribution >= 4 is 146 Å². The van der Waals surface area contributed by atoms with Crippen molar-refractivity contribution in [2.75, 3.05) is 9.80 Å². The molecule has 18 rings (SSSR count). The number of anilines is 6. The van der Waals surface area contributed by atoms with Gasteiger partial charge >= 0.3 is 13.7 Å². The summed E-state index contributed by atoms with van der Waals surface area (Å²) in [4.78, 5) is 5.10. The highest BCUT2D eigenvalue weighted by molar-refractivity contribution is 6.92. The number of hydrogen-bond donors (Lipinski definition) is 0. The first kappa shape index (κ1) is 37.6. The standard InChI is InChI=1S/C66H38B2N4/c1-3-15-41-33-47(31-29-39(41)13-1)69-57-27-11-21-49-51-23-9-25-53-63(51)71(67(61(49)57)55-35-43-17-5-7-19-45(43)37-59(55)69)65-54-26-10-24-52-50-22-12-28-58-62(50)68(72(64(52)54)66(53)65)56-36-44-18-6-8-20-46(44)38-60(56)70(58)48-32-30-40-14-2-4-16-42(40)34-48/h1-38H. The fourth-order valence-electron chi connectivity index (χ4n) is 14.1. The molecular weight excluding hydrogens is 870 g/mol.